The topological polar surface area (TPSA) is 124 Å². The lowest BCUT2D eigenvalue weighted by Gasteiger charge is -2.11. The first kappa shape index (κ1) is 19.6. The molecule has 3 aromatic rings. The quantitative estimate of drug-likeness (QED) is 0.467. The Morgan fingerprint density at radius 2 is 1.76 bits per heavy atom. The van der Waals surface area contributed by atoms with Crippen molar-refractivity contribution in [2.24, 2.45) is 0 Å². The molecule has 3 rings (SSSR count). The average molecular weight is 395 g/mol. The van der Waals surface area contributed by atoms with E-state index in [0.29, 0.717) is 5.75 Å². The van der Waals surface area contributed by atoms with Crippen LogP contribution in [0.15, 0.2) is 65.1 Å². The van der Waals surface area contributed by atoms with Crippen molar-refractivity contribution < 1.29 is 23.7 Å². The number of hydrogen-bond donors (Lipinski definition) is 2. The largest absolute Gasteiger partial charge is 0.497 e. The first-order valence-corrected chi connectivity index (χ1v) is 8.53. The zero-order valence-corrected chi connectivity index (χ0v) is 15.4. The van der Waals surface area contributed by atoms with E-state index in [1.165, 1.54) is 6.07 Å². The molecule has 0 aliphatic heterocycles. The Kier molecular flexibility index (Phi) is 5.88. The van der Waals surface area contributed by atoms with Gasteiger partial charge in [0.2, 0.25) is 0 Å². The second-order valence-electron chi connectivity index (χ2n) is 5.93. The third-order valence-corrected chi connectivity index (χ3v) is 4.03. The first-order valence-electron chi connectivity index (χ1n) is 8.53. The van der Waals surface area contributed by atoms with Gasteiger partial charge in [0.25, 0.3) is 11.8 Å². The summed E-state index contributed by atoms with van der Waals surface area (Å²) in [6, 6.07) is 15.9. The van der Waals surface area contributed by atoms with E-state index in [0.717, 1.165) is 11.6 Å². The number of furan rings is 1. The van der Waals surface area contributed by atoms with Gasteiger partial charge in [0, 0.05) is 6.54 Å². The van der Waals surface area contributed by atoms with Crippen LogP contribution in [0.25, 0.3) is 0 Å². The molecule has 29 heavy (non-hydrogen) atoms. The number of methoxy groups -OCH3 is 1. The maximum atomic E-state index is 12.6. The van der Waals surface area contributed by atoms with Crippen LogP contribution < -0.4 is 15.4 Å². The van der Waals surface area contributed by atoms with Gasteiger partial charge in [-0.15, -0.1) is 0 Å². The number of nitrogens with one attached hydrogen (secondary N) is 2. The number of nitro groups is 1. The van der Waals surface area contributed by atoms with Gasteiger partial charge in [-0.05, 0) is 35.9 Å². The zero-order valence-electron chi connectivity index (χ0n) is 15.4. The van der Waals surface area contributed by atoms with Crippen molar-refractivity contribution in [3.63, 3.8) is 0 Å². The summed E-state index contributed by atoms with van der Waals surface area (Å²) in [6.07, 6.45) is 0. The van der Waals surface area contributed by atoms with Crippen LogP contribution in [0.5, 0.6) is 5.75 Å². The summed E-state index contributed by atoms with van der Waals surface area (Å²) in [4.78, 5) is 34.8. The minimum absolute atomic E-state index is 0.231. The second kappa shape index (κ2) is 8.70. The number of anilines is 1. The van der Waals surface area contributed by atoms with E-state index in [9.17, 15) is 19.7 Å². The van der Waals surface area contributed by atoms with Gasteiger partial charge < -0.3 is 19.8 Å². The predicted molar refractivity (Wildman–Crippen MR) is 104 cm³/mol. The maximum Gasteiger partial charge on any atom is 0.433 e. The summed E-state index contributed by atoms with van der Waals surface area (Å²) >= 11 is 0. The molecular weight excluding hydrogens is 378 g/mol. The van der Waals surface area contributed by atoms with Crippen LogP contribution in [0.4, 0.5) is 11.6 Å². The smallest absolute Gasteiger partial charge is 0.433 e. The molecule has 1 heterocycles. The molecule has 9 nitrogen and oxygen atoms in total. The molecule has 2 amide bonds. The Bertz CT molecular complexity index is 1040. The standard InChI is InChI=1S/C20H17N3O6/c1-28-14-8-6-13(7-9-14)12-21-19(24)15-4-2-3-5-16(15)22-20(25)17-10-11-18(29-17)23(26)27/h2-11H,12H2,1H3,(H,21,24)(H,22,25). The van der Waals surface area contributed by atoms with Crippen molar-refractivity contribution in [1.29, 1.82) is 0 Å². The van der Waals surface area contributed by atoms with E-state index in [1.807, 2.05) is 12.1 Å². The number of nitrogens with zero attached hydrogens (tertiary/aromatic N) is 1. The second-order valence-corrected chi connectivity index (χ2v) is 5.93. The third-order valence-electron chi connectivity index (χ3n) is 4.03. The van der Waals surface area contributed by atoms with Gasteiger partial charge in [-0.3, -0.25) is 19.7 Å². The molecule has 2 aromatic carbocycles. The number of para-hydroxylation sites is 1. The lowest BCUT2D eigenvalue weighted by atomic mass is 10.1. The summed E-state index contributed by atoms with van der Waals surface area (Å²) in [5.41, 5.74) is 1.38. The van der Waals surface area contributed by atoms with E-state index in [4.69, 9.17) is 9.15 Å². The Morgan fingerprint density at radius 3 is 2.41 bits per heavy atom. The van der Waals surface area contributed by atoms with Crippen molar-refractivity contribution in [2.75, 3.05) is 12.4 Å². The number of hydrogen-bond acceptors (Lipinski definition) is 6. The molecule has 0 saturated heterocycles. The number of ether oxygens (including phenoxy) is 1. The highest BCUT2D eigenvalue weighted by atomic mass is 16.6. The number of rotatable bonds is 7. The molecule has 0 bridgehead atoms. The summed E-state index contributed by atoms with van der Waals surface area (Å²) < 4.78 is 9.98. The lowest BCUT2D eigenvalue weighted by molar-refractivity contribution is -0.402. The number of carbonyl (C=O) groups excluding carboxylic acids is 2. The van der Waals surface area contributed by atoms with Gasteiger partial charge in [0.1, 0.15) is 10.7 Å². The molecule has 0 fully saturated rings. The van der Waals surface area contributed by atoms with E-state index in [1.54, 1.807) is 43.5 Å². The van der Waals surface area contributed by atoms with Crippen molar-refractivity contribution in [3.8, 4) is 5.75 Å². The molecule has 1 aromatic heterocycles. The van der Waals surface area contributed by atoms with E-state index in [2.05, 4.69) is 10.6 Å². The van der Waals surface area contributed by atoms with Crippen LogP contribution in [0, 0.1) is 10.1 Å². The van der Waals surface area contributed by atoms with Gasteiger partial charge in [0.15, 0.2) is 5.76 Å². The number of benzene rings is 2. The average Bonchev–Trinajstić information content (AvgIpc) is 3.24. The summed E-state index contributed by atoms with van der Waals surface area (Å²) in [6.45, 7) is 0.287. The van der Waals surface area contributed by atoms with Crippen LogP contribution in [0.3, 0.4) is 0 Å². The Labute approximate surface area is 165 Å². The normalized spacial score (nSPS) is 10.2. The highest BCUT2D eigenvalue weighted by molar-refractivity contribution is 6.07. The molecular formula is C20H17N3O6. The van der Waals surface area contributed by atoms with E-state index in [-0.39, 0.29) is 29.5 Å². The Hall–Kier alpha value is -4.14. The van der Waals surface area contributed by atoms with Gasteiger partial charge >= 0.3 is 5.88 Å². The van der Waals surface area contributed by atoms with Gasteiger partial charge in [-0.25, -0.2) is 0 Å². The fraction of sp³-hybridized carbons (Fsp3) is 0.100. The monoisotopic (exact) mass is 395 g/mol. The number of amides is 2. The maximum absolute atomic E-state index is 12.6. The summed E-state index contributed by atoms with van der Waals surface area (Å²) in [5, 5.41) is 16.0. The van der Waals surface area contributed by atoms with E-state index < -0.39 is 16.7 Å². The Morgan fingerprint density at radius 1 is 1.03 bits per heavy atom. The molecule has 0 atom stereocenters. The van der Waals surface area contributed by atoms with Crippen molar-refractivity contribution >= 4 is 23.4 Å². The SMILES string of the molecule is COc1ccc(CNC(=O)c2ccccc2NC(=O)c2ccc([N+](=O)[O-])o2)cc1. The zero-order chi connectivity index (χ0) is 20.8. The van der Waals surface area contributed by atoms with Crippen LogP contribution in [0.1, 0.15) is 26.5 Å². The molecule has 0 unspecified atom stereocenters. The summed E-state index contributed by atoms with van der Waals surface area (Å²) in [5.74, 6) is -1.15. The molecule has 0 radical (unpaired) electrons. The minimum Gasteiger partial charge on any atom is -0.497 e. The molecule has 0 aliphatic carbocycles. The molecule has 148 valence electrons. The van der Waals surface area contributed by atoms with Crippen molar-refractivity contribution in [2.45, 2.75) is 6.54 Å². The van der Waals surface area contributed by atoms with Gasteiger partial charge in [-0.2, -0.15) is 0 Å². The predicted octanol–water partition coefficient (Wildman–Crippen LogP) is 3.38. The summed E-state index contributed by atoms with van der Waals surface area (Å²) in [7, 11) is 1.57. The fourth-order valence-electron chi connectivity index (χ4n) is 2.54. The van der Waals surface area contributed by atoms with Crippen LogP contribution in [-0.2, 0) is 6.54 Å². The van der Waals surface area contributed by atoms with Crippen molar-refractivity contribution in [1.82, 2.24) is 5.32 Å². The molecule has 2 N–H and O–H groups in total. The van der Waals surface area contributed by atoms with E-state index >= 15 is 0 Å². The third kappa shape index (κ3) is 4.78. The van der Waals surface area contributed by atoms with Crippen LogP contribution in [0.2, 0.25) is 0 Å². The highest BCUT2D eigenvalue weighted by Gasteiger charge is 2.19. The van der Waals surface area contributed by atoms with Gasteiger partial charge in [0.05, 0.1) is 24.4 Å². The van der Waals surface area contributed by atoms with Crippen molar-refractivity contribution in [3.05, 3.63) is 87.7 Å². The van der Waals surface area contributed by atoms with Crippen LogP contribution >= 0.6 is 0 Å². The Balaban J connectivity index is 1.69. The molecule has 0 aliphatic rings. The fourth-order valence-corrected chi connectivity index (χ4v) is 2.54. The number of carbonyl (C=O) groups is 2. The van der Waals surface area contributed by atoms with Gasteiger partial charge in [-0.1, -0.05) is 24.3 Å². The molecule has 0 saturated carbocycles. The first-order chi connectivity index (χ1) is 14.0. The highest BCUT2D eigenvalue weighted by Crippen LogP contribution is 2.20. The minimum atomic E-state index is -0.739. The lowest BCUT2D eigenvalue weighted by Crippen LogP contribution is -2.24. The van der Waals surface area contributed by atoms with Crippen LogP contribution in [-0.4, -0.2) is 23.8 Å². The molecule has 0 spiro atoms. The molecule has 9 heteroatoms.